The predicted octanol–water partition coefficient (Wildman–Crippen LogP) is 4.84. The van der Waals surface area contributed by atoms with Crippen molar-refractivity contribution in [3.05, 3.63) is 35.4 Å². The topological polar surface area (TPSA) is 20.2 Å². The zero-order valence-electron chi connectivity index (χ0n) is 12.5. The van der Waals surface area contributed by atoms with Crippen molar-refractivity contribution in [2.75, 3.05) is 0 Å². The number of hydrogen-bond donors (Lipinski definition) is 1. The average Bonchev–Trinajstić information content (AvgIpc) is 2.28. The van der Waals surface area contributed by atoms with Gasteiger partial charge >= 0.3 is 0 Å². The molecule has 1 aromatic rings. The molecule has 18 heavy (non-hydrogen) atoms. The molecule has 1 aromatic carbocycles. The van der Waals surface area contributed by atoms with Crippen LogP contribution in [-0.4, -0.2) is 5.11 Å². The summed E-state index contributed by atoms with van der Waals surface area (Å²) in [7, 11) is 0. The molecule has 0 aliphatic rings. The van der Waals surface area contributed by atoms with Crippen molar-refractivity contribution >= 4 is 0 Å². The number of aliphatic hydroxyl groups excluding tert-OH is 1. The van der Waals surface area contributed by atoms with E-state index in [0.717, 1.165) is 12.0 Å². The Kier molecular flexibility index (Phi) is 5.40. The number of hydrogen-bond acceptors (Lipinski definition) is 1. The third-order valence-electron chi connectivity index (χ3n) is 3.53. The summed E-state index contributed by atoms with van der Waals surface area (Å²) in [5.74, 6) is 0.582. The molecule has 102 valence electrons. The first-order chi connectivity index (χ1) is 8.36. The van der Waals surface area contributed by atoms with Gasteiger partial charge in [-0.15, -0.1) is 0 Å². The van der Waals surface area contributed by atoms with Crippen molar-refractivity contribution in [1.82, 2.24) is 0 Å². The van der Waals surface area contributed by atoms with Crippen LogP contribution in [0.25, 0.3) is 0 Å². The summed E-state index contributed by atoms with van der Waals surface area (Å²) in [6, 6.07) is 8.30. The fourth-order valence-corrected chi connectivity index (χ4v) is 2.59. The fraction of sp³-hybridized carbons (Fsp3) is 0.647. The second-order valence-electron chi connectivity index (χ2n) is 6.48. The maximum atomic E-state index is 10.5. The molecule has 0 bridgehead atoms. The molecular weight excluding hydrogens is 220 g/mol. The van der Waals surface area contributed by atoms with E-state index in [1.54, 1.807) is 0 Å². The van der Waals surface area contributed by atoms with Crippen LogP contribution in [-0.2, 0) is 5.41 Å². The van der Waals surface area contributed by atoms with Crippen molar-refractivity contribution < 1.29 is 5.11 Å². The maximum absolute atomic E-state index is 10.5. The lowest BCUT2D eigenvalue weighted by atomic mass is 9.81. The summed E-state index contributed by atoms with van der Waals surface area (Å²) in [4.78, 5) is 0. The Morgan fingerprint density at radius 1 is 1.17 bits per heavy atom. The summed E-state index contributed by atoms with van der Waals surface area (Å²) in [6.45, 7) is 11.0. The van der Waals surface area contributed by atoms with Crippen molar-refractivity contribution in [3.8, 4) is 0 Å². The van der Waals surface area contributed by atoms with Crippen LogP contribution >= 0.6 is 0 Å². The molecule has 0 aliphatic carbocycles. The Labute approximate surface area is 112 Å². The third kappa shape index (κ3) is 4.13. The van der Waals surface area contributed by atoms with Gasteiger partial charge in [-0.25, -0.2) is 0 Å². The van der Waals surface area contributed by atoms with E-state index < -0.39 is 0 Å². The molecule has 2 atom stereocenters. The second-order valence-corrected chi connectivity index (χ2v) is 6.48. The van der Waals surface area contributed by atoms with E-state index in [1.807, 2.05) is 6.07 Å². The molecule has 0 aliphatic heterocycles. The average molecular weight is 248 g/mol. The van der Waals surface area contributed by atoms with Crippen LogP contribution in [0.4, 0.5) is 0 Å². The van der Waals surface area contributed by atoms with Crippen molar-refractivity contribution in [1.29, 1.82) is 0 Å². The van der Waals surface area contributed by atoms with Crippen LogP contribution in [0.15, 0.2) is 24.3 Å². The predicted molar refractivity (Wildman–Crippen MR) is 78.8 cm³/mol. The Hall–Kier alpha value is -0.820. The zero-order chi connectivity index (χ0) is 13.8. The highest BCUT2D eigenvalue weighted by atomic mass is 16.3. The summed E-state index contributed by atoms with van der Waals surface area (Å²) in [6.07, 6.45) is 2.91. The van der Waals surface area contributed by atoms with E-state index in [9.17, 15) is 5.11 Å². The van der Waals surface area contributed by atoms with Crippen LogP contribution in [0.2, 0.25) is 0 Å². The molecule has 0 spiro atoms. The molecule has 0 aromatic heterocycles. The second kappa shape index (κ2) is 6.38. The first-order valence-corrected chi connectivity index (χ1v) is 7.13. The lowest BCUT2D eigenvalue weighted by Crippen LogP contribution is -2.17. The summed E-state index contributed by atoms with van der Waals surface area (Å²) < 4.78 is 0. The van der Waals surface area contributed by atoms with Gasteiger partial charge in [-0.05, 0) is 28.9 Å². The Morgan fingerprint density at radius 2 is 1.78 bits per heavy atom. The van der Waals surface area contributed by atoms with Gasteiger partial charge in [0.05, 0.1) is 6.10 Å². The summed E-state index contributed by atoms with van der Waals surface area (Å²) >= 11 is 0. The highest BCUT2D eigenvalue weighted by Crippen LogP contribution is 2.32. The molecule has 1 nitrogen and oxygen atoms in total. The molecule has 0 fully saturated rings. The van der Waals surface area contributed by atoms with E-state index in [0.29, 0.717) is 5.92 Å². The lowest BCUT2D eigenvalue weighted by Gasteiger charge is -2.26. The van der Waals surface area contributed by atoms with Crippen LogP contribution < -0.4 is 0 Å². The molecule has 0 saturated carbocycles. The van der Waals surface area contributed by atoms with E-state index >= 15 is 0 Å². The molecule has 0 saturated heterocycles. The SMILES string of the molecule is CCCC(C)CC(O)c1ccccc1C(C)(C)C. The molecule has 2 unspecified atom stereocenters. The Bertz CT molecular complexity index is 362. The van der Waals surface area contributed by atoms with Crippen LogP contribution in [0.1, 0.15) is 71.1 Å². The minimum Gasteiger partial charge on any atom is -0.388 e. The highest BCUT2D eigenvalue weighted by molar-refractivity contribution is 5.34. The van der Waals surface area contributed by atoms with Crippen LogP contribution in [0, 0.1) is 5.92 Å². The minimum atomic E-state index is -0.332. The molecule has 0 radical (unpaired) electrons. The smallest absolute Gasteiger partial charge is 0.0795 e. The largest absolute Gasteiger partial charge is 0.388 e. The van der Waals surface area contributed by atoms with Crippen molar-refractivity contribution in [2.45, 2.75) is 65.4 Å². The maximum Gasteiger partial charge on any atom is 0.0795 e. The normalized spacial score (nSPS) is 15.4. The van der Waals surface area contributed by atoms with Gasteiger partial charge in [0.25, 0.3) is 0 Å². The highest BCUT2D eigenvalue weighted by Gasteiger charge is 2.22. The number of benzene rings is 1. The third-order valence-corrected chi connectivity index (χ3v) is 3.53. The van der Waals surface area contributed by atoms with E-state index in [2.05, 4.69) is 52.8 Å². The van der Waals surface area contributed by atoms with Gasteiger partial charge < -0.3 is 5.11 Å². The Morgan fingerprint density at radius 3 is 2.33 bits per heavy atom. The fourth-order valence-electron chi connectivity index (χ4n) is 2.59. The molecule has 1 rings (SSSR count). The number of aliphatic hydroxyl groups is 1. The molecular formula is C17H28O. The number of rotatable bonds is 5. The van der Waals surface area contributed by atoms with Gasteiger partial charge in [-0.3, -0.25) is 0 Å². The standard InChI is InChI=1S/C17H28O/c1-6-9-13(2)12-16(18)14-10-7-8-11-15(14)17(3,4)5/h7-8,10-11,13,16,18H,6,9,12H2,1-5H3. The monoisotopic (exact) mass is 248 g/mol. The van der Waals surface area contributed by atoms with E-state index in [-0.39, 0.29) is 11.5 Å². The molecule has 0 amide bonds. The summed E-state index contributed by atoms with van der Waals surface area (Å²) in [5.41, 5.74) is 2.46. The molecule has 1 heteroatoms. The molecule has 0 heterocycles. The minimum absolute atomic E-state index is 0.0889. The van der Waals surface area contributed by atoms with Gasteiger partial charge in [0.15, 0.2) is 0 Å². The van der Waals surface area contributed by atoms with E-state index in [1.165, 1.54) is 18.4 Å². The van der Waals surface area contributed by atoms with Gasteiger partial charge in [0.1, 0.15) is 0 Å². The van der Waals surface area contributed by atoms with Crippen LogP contribution in [0.5, 0.6) is 0 Å². The van der Waals surface area contributed by atoms with Gasteiger partial charge in [0.2, 0.25) is 0 Å². The van der Waals surface area contributed by atoms with Crippen LogP contribution in [0.3, 0.4) is 0 Å². The lowest BCUT2D eigenvalue weighted by molar-refractivity contribution is 0.143. The van der Waals surface area contributed by atoms with Gasteiger partial charge in [0, 0.05) is 0 Å². The summed E-state index contributed by atoms with van der Waals surface area (Å²) in [5, 5.41) is 10.5. The zero-order valence-corrected chi connectivity index (χ0v) is 12.5. The van der Waals surface area contributed by atoms with Crippen molar-refractivity contribution in [3.63, 3.8) is 0 Å². The quantitative estimate of drug-likeness (QED) is 0.790. The molecule has 1 N–H and O–H groups in total. The van der Waals surface area contributed by atoms with Gasteiger partial charge in [-0.1, -0.05) is 71.7 Å². The first-order valence-electron chi connectivity index (χ1n) is 7.13. The Balaban J connectivity index is 2.89. The van der Waals surface area contributed by atoms with E-state index in [4.69, 9.17) is 0 Å². The van der Waals surface area contributed by atoms with Crippen molar-refractivity contribution in [2.24, 2.45) is 5.92 Å². The van der Waals surface area contributed by atoms with Gasteiger partial charge in [-0.2, -0.15) is 0 Å². The first kappa shape index (κ1) is 15.2.